The molecule has 3 heteroatoms. The van der Waals surface area contributed by atoms with E-state index in [1.165, 1.54) is 31.2 Å². The van der Waals surface area contributed by atoms with Crippen molar-refractivity contribution < 1.29 is 9.47 Å². The molecule has 1 saturated heterocycles. The summed E-state index contributed by atoms with van der Waals surface area (Å²) in [6.45, 7) is 3.02. The lowest BCUT2D eigenvalue weighted by Crippen LogP contribution is -2.49. The third kappa shape index (κ3) is 2.82. The first-order valence-corrected chi connectivity index (χ1v) is 8.13. The van der Waals surface area contributed by atoms with Crippen LogP contribution < -0.4 is 10.5 Å². The quantitative estimate of drug-likeness (QED) is 0.924. The Morgan fingerprint density at radius 2 is 2.10 bits per heavy atom. The molecule has 1 aliphatic carbocycles. The van der Waals surface area contributed by atoms with Crippen molar-refractivity contribution in [3.63, 3.8) is 0 Å². The van der Waals surface area contributed by atoms with Crippen molar-refractivity contribution in [2.45, 2.75) is 56.6 Å². The molecular formula is C18H27NO2. The normalized spacial score (nSPS) is 27.5. The van der Waals surface area contributed by atoms with Gasteiger partial charge in [0.05, 0.1) is 12.7 Å². The van der Waals surface area contributed by atoms with E-state index in [-0.39, 0.29) is 11.1 Å². The summed E-state index contributed by atoms with van der Waals surface area (Å²) < 4.78 is 11.5. The van der Waals surface area contributed by atoms with Crippen LogP contribution in [0.15, 0.2) is 24.3 Å². The fourth-order valence-corrected chi connectivity index (χ4v) is 4.10. The van der Waals surface area contributed by atoms with E-state index in [9.17, 15) is 0 Å². The van der Waals surface area contributed by atoms with Crippen LogP contribution in [0.1, 0.15) is 51.0 Å². The molecule has 116 valence electrons. The van der Waals surface area contributed by atoms with Crippen LogP contribution in [0, 0.1) is 5.92 Å². The van der Waals surface area contributed by atoms with Gasteiger partial charge in [-0.15, -0.1) is 0 Å². The van der Waals surface area contributed by atoms with E-state index in [2.05, 4.69) is 19.1 Å². The molecular weight excluding hydrogens is 262 g/mol. The molecule has 3 rings (SSSR count). The lowest BCUT2D eigenvalue weighted by molar-refractivity contribution is -0.104. The molecule has 2 aliphatic rings. The molecule has 2 unspecified atom stereocenters. The summed E-state index contributed by atoms with van der Waals surface area (Å²) in [6, 6.07) is 8.21. The molecule has 1 saturated carbocycles. The van der Waals surface area contributed by atoms with Gasteiger partial charge in [0, 0.05) is 12.1 Å². The maximum Gasteiger partial charge on any atom is 0.119 e. The van der Waals surface area contributed by atoms with Crippen LogP contribution in [-0.4, -0.2) is 19.3 Å². The van der Waals surface area contributed by atoms with Gasteiger partial charge in [-0.1, -0.05) is 25.0 Å². The number of rotatable bonds is 3. The van der Waals surface area contributed by atoms with Gasteiger partial charge in [0.1, 0.15) is 5.75 Å². The highest BCUT2D eigenvalue weighted by Crippen LogP contribution is 2.46. The van der Waals surface area contributed by atoms with Gasteiger partial charge in [-0.05, 0) is 56.2 Å². The third-order valence-corrected chi connectivity index (χ3v) is 5.55. The number of benzene rings is 1. The monoisotopic (exact) mass is 289 g/mol. The summed E-state index contributed by atoms with van der Waals surface area (Å²) in [7, 11) is 1.70. The second kappa shape index (κ2) is 5.62. The minimum atomic E-state index is -0.325. The average molecular weight is 289 g/mol. The summed E-state index contributed by atoms with van der Waals surface area (Å²) in [4.78, 5) is 0. The van der Waals surface area contributed by atoms with Gasteiger partial charge in [0.2, 0.25) is 0 Å². The highest BCUT2D eigenvalue weighted by molar-refractivity contribution is 5.33. The molecule has 21 heavy (non-hydrogen) atoms. The predicted octanol–water partition coefficient (Wildman–Crippen LogP) is 3.61. The molecule has 2 N–H and O–H groups in total. The summed E-state index contributed by atoms with van der Waals surface area (Å²) >= 11 is 0. The zero-order valence-corrected chi connectivity index (χ0v) is 13.2. The smallest absolute Gasteiger partial charge is 0.119 e. The van der Waals surface area contributed by atoms with E-state index in [1.807, 2.05) is 12.1 Å². The molecule has 1 aromatic rings. The molecule has 3 nitrogen and oxygen atoms in total. The highest BCUT2D eigenvalue weighted by Gasteiger charge is 2.45. The molecule has 2 atom stereocenters. The number of hydrogen-bond acceptors (Lipinski definition) is 3. The van der Waals surface area contributed by atoms with Gasteiger partial charge in [-0.25, -0.2) is 0 Å². The Labute approximate surface area is 127 Å². The average Bonchev–Trinajstić information content (AvgIpc) is 2.95. The fourth-order valence-electron chi connectivity index (χ4n) is 4.10. The van der Waals surface area contributed by atoms with Gasteiger partial charge in [-0.3, -0.25) is 0 Å². The molecule has 0 aromatic heterocycles. The van der Waals surface area contributed by atoms with Crippen LogP contribution in [0.4, 0.5) is 0 Å². The summed E-state index contributed by atoms with van der Waals surface area (Å²) in [6.07, 6.45) is 7.15. The third-order valence-electron chi connectivity index (χ3n) is 5.55. The predicted molar refractivity (Wildman–Crippen MR) is 84.4 cm³/mol. The maximum atomic E-state index is 6.78. The standard InChI is InChI=1S/C18H27NO2/c1-17(19,14-6-5-7-16(12-14)20-2)15-8-11-21-18(13-15)9-3-4-10-18/h5-7,12,15H,3-4,8-11,13,19H2,1-2H3. The first-order chi connectivity index (χ1) is 10.1. The van der Waals surface area contributed by atoms with Crippen LogP contribution in [0.25, 0.3) is 0 Å². The number of hydrogen-bond donors (Lipinski definition) is 1. The molecule has 0 radical (unpaired) electrons. The van der Waals surface area contributed by atoms with E-state index in [4.69, 9.17) is 15.2 Å². The Bertz CT molecular complexity index is 492. The van der Waals surface area contributed by atoms with Crippen LogP contribution in [0.5, 0.6) is 5.75 Å². The Balaban J connectivity index is 1.83. The Hall–Kier alpha value is -1.06. The first kappa shape index (κ1) is 14.9. The van der Waals surface area contributed by atoms with Gasteiger partial charge in [-0.2, -0.15) is 0 Å². The molecule has 0 amide bonds. The van der Waals surface area contributed by atoms with Crippen molar-refractivity contribution in [1.29, 1.82) is 0 Å². The molecule has 0 bridgehead atoms. The van der Waals surface area contributed by atoms with Crippen LogP contribution in [0.3, 0.4) is 0 Å². The van der Waals surface area contributed by atoms with E-state index in [0.717, 1.165) is 25.2 Å². The molecule has 2 fully saturated rings. The van der Waals surface area contributed by atoms with Crippen molar-refractivity contribution in [1.82, 2.24) is 0 Å². The zero-order valence-electron chi connectivity index (χ0n) is 13.2. The highest BCUT2D eigenvalue weighted by atomic mass is 16.5. The van der Waals surface area contributed by atoms with E-state index >= 15 is 0 Å². The van der Waals surface area contributed by atoms with E-state index in [1.54, 1.807) is 7.11 Å². The summed E-state index contributed by atoms with van der Waals surface area (Å²) in [5.74, 6) is 1.35. The van der Waals surface area contributed by atoms with Crippen LogP contribution in [-0.2, 0) is 10.3 Å². The number of nitrogens with two attached hydrogens (primary N) is 1. The van der Waals surface area contributed by atoms with Gasteiger partial charge >= 0.3 is 0 Å². The zero-order chi connectivity index (χ0) is 14.9. The van der Waals surface area contributed by atoms with Gasteiger partial charge in [0.25, 0.3) is 0 Å². The summed E-state index contributed by atoms with van der Waals surface area (Å²) in [5.41, 5.74) is 7.73. The first-order valence-electron chi connectivity index (χ1n) is 8.13. The van der Waals surface area contributed by atoms with Crippen molar-refractivity contribution >= 4 is 0 Å². The fraction of sp³-hybridized carbons (Fsp3) is 0.667. The van der Waals surface area contributed by atoms with Crippen molar-refractivity contribution in [3.8, 4) is 5.75 Å². The molecule has 1 spiro atoms. The number of methoxy groups -OCH3 is 1. The minimum Gasteiger partial charge on any atom is -0.497 e. The molecule has 1 aliphatic heterocycles. The second-order valence-corrected chi connectivity index (χ2v) is 6.94. The lowest BCUT2D eigenvalue weighted by Gasteiger charge is -2.45. The van der Waals surface area contributed by atoms with Crippen LogP contribution in [0.2, 0.25) is 0 Å². The minimum absolute atomic E-state index is 0.114. The van der Waals surface area contributed by atoms with Crippen molar-refractivity contribution in [3.05, 3.63) is 29.8 Å². The van der Waals surface area contributed by atoms with E-state index < -0.39 is 0 Å². The van der Waals surface area contributed by atoms with Crippen LogP contribution >= 0.6 is 0 Å². The van der Waals surface area contributed by atoms with Gasteiger partial charge in [0.15, 0.2) is 0 Å². The Kier molecular flexibility index (Phi) is 3.98. The largest absolute Gasteiger partial charge is 0.497 e. The SMILES string of the molecule is COc1cccc(C(C)(N)C2CCOC3(CCCC3)C2)c1. The van der Waals surface area contributed by atoms with Gasteiger partial charge < -0.3 is 15.2 Å². The van der Waals surface area contributed by atoms with E-state index in [0.29, 0.717) is 5.92 Å². The topological polar surface area (TPSA) is 44.5 Å². The Morgan fingerprint density at radius 3 is 2.81 bits per heavy atom. The van der Waals surface area contributed by atoms with Crippen molar-refractivity contribution in [2.75, 3.05) is 13.7 Å². The summed E-state index contributed by atoms with van der Waals surface area (Å²) in [5, 5.41) is 0. The molecule has 1 aromatic carbocycles. The molecule has 1 heterocycles. The lowest BCUT2D eigenvalue weighted by atomic mass is 9.71. The second-order valence-electron chi connectivity index (χ2n) is 6.94. The maximum absolute atomic E-state index is 6.78. The Morgan fingerprint density at radius 1 is 1.33 bits per heavy atom. The number of ether oxygens (including phenoxy) is 2. The van der Waals surface area contributed by atoms with Crippen molar-refractivity contribution in [2.24, 2.45) is 11.7 Å².